The number of aliphatic hydroxyl groups is 1. The molecule has 0 radical (unpaired) electrons. The van der Waals surface area contributed by atoms with E-state index in [4.69, 9.17) is 5.11 Å². The average Bonchev–Trinajstić information content (AvgIpc) is 1.65. The molecule has 0 aliphatic carbocycles. The standard InChI is InChI=1S/C4H10O2P/c1-4(3-5)7(2)6/h4-5H,3H2,1-2H3/q+1. The van der Waals surface area contributed by atoms with Crippen molar-refractivity contribution < 1.29 is 9.67 Å². The average molecular weight is 121 g/mol. The second-order valence-corrected chi connectivity index (χ2v) is 3.55. The first-order valence-corrected chi connectivity index (χ1v) is 3.97. The Kier molecular flexibility index (Phi) is 3.14. The van der Waals surface area contributed by atoms with Crippen molar-refractivity contribution in [1.29, 1.82) is 0 Å². The fourth-order valence-electron chi connectivity index (χ4n) is 0.115. The van der Waals surface area contributed by atoms with Crippen molar-refractivity contribution in [2.75, 3.05) is 13.3 Å². The van der Waals surface area contributed by atoms with Crippen LogP contribution in [-0.2, 0) is 4.57 Å². The summed E-state index contributed by atoms with van der Waals surface area (Å²) in [6, 6.07) is 0. The largest absolute Gasteiger partial charge is 0.392 e. The van der Waals surface area contributed by atoms with Crippen molar-refractivity contribution in [3.05, 3.63) is 0 Å². The van der Waals surface area contributed by atoms with Crippen LogP contribution in [0.25, 0.3) is 0 Å². The van der Waals surface area contributed by atoms with Gasteiger partial charge in [-0.15, -0.1) is 0 Å². The number of rotatable bonds is 2. The molecule has 0 spiro atoms. The van der Waals surface area contributed by atoms with E-state index >= 15 is 0 Å². The van der Waals surface area contributed by atoms with Crippen molar-refractivity contribution in [3.8, 4) is 0 Å². The lowest BCUT2D eigenvalue weighted by atomic mass is 10.5. The summed E-state index contributed by atoms with van der Waals surface area (Å²) in [4.78, 5) is 0. The molecule has 0 saturated heterocycles. The molecule has 2 nitrogen and oxygen atoms in total. The summed E-state index contributed by atoms with van der Waals surface area (Å²) in [7, 11) is -1.16. The molecular weight excluding hydrogens is 111 g/mol. The van der Waals surface area contributed by atoms with Crippen molar-refractivity contribution in [2.45, 2.75) is 12.6 Å². The highest BCUT2D eigenvalue weighted by atomic mass is 31.1. The monoisotopic (exact) mass is 121 g/mol. The Morgan fingerprint density at radius 2 is 2.29 bits per heavy atom. The van der Waals surface area contributed by atoms with E-state index in [9.17, 15) is 4.57 Å². The Morgan fingerprint density at radius 1 is 1.86 bits per heavy atom. The van der Waals surface area contributed by atoms with Gasteiger partial charge in [0, 0.05) is 0 Å². The zero-order chi connectivity index (χ0) is 5.86. The first-order chi connectivity index (χ1) is 3.18. The summed E-state index contributed by atoms with van der Waals surface area (Å²) in [5, 5.41) is 8.32. The Labute approximate surface area is 44.3 Å². The normalized spacial score (nSPS) is 16.1. The zero-order valence-electron chi connectivity index (χ0n) is 4.59. The van der Waals surface area contributed by atoms with E-state index in [0.717, 1.165) is 0 Å². The third kappa shape index (κ3) is 2.72. The minimum Gasteiger partial charge on any atom is -0.392 e. The Hall–Kier alpha value is 0.0600. The van der Waals surface area contributed by atoms with E-state index in [2.05, 4.69) is 0 Å². The van der Waals surface area contributed by atoms with Crippen LogP contribution in [0.1, 0.15) is 6.92 Å². The van der Waals surface area contributed by atoms with E-state index in [1.165, 1.54) is 0 Å². The number of hydrogen-bond acceptors (Lipinski definition) is 2. The van der Waals surface area contributed by atoms with E-state index in [0.29, 0.717) is 0 Å². The summed E-state index contributed by atoms with van der Waals surface area (Å²) in [5.74, 6) is 0. The molecule has 0 rings (SSSR count). The molecular formula is C4H10O2P+. The minimum atomic E-state index is -1.16. The molecule has 0 aliphatic heterocycles. The van der Waals surface area contributed by atoms with Crippen molar-refractivity contribution in [2.24, 2.45) is 0 Å². The SMILES string of the molecule is CC(CO)[P+](C)=O. The summed E-state index contributed by atoms with van der Waals surface area (Å²) < 4.78 is 10.4. The van der Waals surface area contributed by atoms with Crippen molar-refractivity contribution in [3.63, 3.8) is 0 Å². The van der Waals surface area contributed by atoms with Gasteiger partial charge in [0.05, 0.1) is 6.61 Å². The highest BCUT2D eigenvalue weighted by molar-refractivity contribution is 7.44. The summed E-state index contributed by atoms with van der Waals surface area (Å²) >= 11 is 0. The highest BCUT2D eigenvalue weighted by Gasteiger charge is 2.15. The lowest BCUT2D eigenvalue weighted by Crippen LogP contribution is -1.99. The van der Waals surface area contributed by atoms with Gasteiger partial charge in [0.2, 0.25) is 0 Å². The van der Waals surface area contributed by atoms with Crippen LogP contribution in [0, 0.1) is 0 Å². The van der Waals surface area contributed by atoms with Gasteiger partial charge >= 0.3 is 7.80 Å². The third-order valence-electron chi connectivity index (χ3n) is 0.885. The molecule has 7 heavy (non-hydrogen) atoms. The van der Waals surface area contributed by atoms with Gasteiger partial charge in [-0.1, -0.05) is 4.57 Å². The van der Waals surface area contributed by atoms with Crippen molar-refractivity contribution >= 4 is 7.80 Å². The summed E-state index contributed by atoms with van der Waals surface area (Å²) in [6.45, 7) is 3.42. The maximum absolute atomic E-state index is 10.4. The molecule has 0 saturated carbocycles. The fourth-order valence-corrected chi connectivity index (χ4v) is 0.345. The molecule has 0 aliphatic rings. The predicted octanol–water partition coefficient (Wildman–Crippen LogP) is 0.824. The molecule has 0 aromatic carbocycles. The zero-order valence-corrected chi connectivity index (χ0v) is 5.48. The highest BCUT2D eigenvalue weighted by Crippen LogP contribution is 2.20. The van der Waals surface area contributed by atoms with Crippen LogP contribution < -0.4 is 0 Å². The Bertz CT molecular complexity index is 72.1. The van der Waals surface area contributed by atoms with Crippen LogP contribution in [0.2, 0.25) is 0 Å². The van der Waals surface area contributed by atoms with Gasteiger partial charge in [-0.2, -0.15) is 0 Å². The van der Waals surface area contributed by atoms with E-state index in [1.54, 1.807) is 13.6 Å². The lowest BCUT2D eigenvalue weighted by molar-refractivity contribution is 0.296. The topological polar surface area (TPSA) is 37.3 Å². The van der Waals surface area contributed by atoms with Crippen LogP contribution in [-0.4, -0.2) is 24.0 Å². The summed E-state index contributed by atoms with van der Waals surface area (Å²) in [6.07, 6.45) is 0. The molecule has 0 aromatic rings. The fraction of sp³-hybridized carbons (Fsp3) is 1.00. The van der Waals surface area contributed by atoms with Gasteiger partial charge in [0.25, 0.3) is 0 Å². The maximum atomic E-state index is 10.4. The van der Waals surface area contributed by atoms with Crippen LogP contribution in [0.5, 0.6) is 0 Å². The van der Waals surface area contributed by atoms with Crippen LogP contribution in [0.3, 0.4) is 0 Å². The van der Waals surface area contributed by atoms with Gasteiger partial charge in [-0.05, 0) is 6.92 Å². The lowest BCUT2D eigenvalue weighted by Gasteiger charge is -1.86. The maximum Gasteiger partial charge on any atom is 0.340 e. The molecule has 2 atom stereocenters. The first-order valence-electron chi connectivity index (χ1n) is 2.19. The molecule has 0 fully saturated rings. The number of hydrogen-bond donors (Lipinski definition) is 1. The molecule has 1 N–H and O–H groups in total. The number of aliphatic hydroxyl groups excluding tert-OH is 1. The molecule has 0 bridgehead atoms. The van der Waals surface area contributed by atoms with Crippen LogP contribution in [0.15, 0.2) is 0 Å². The van der Waals surface area contributed by atoms with Gasteiger partial charge in [-0.3, -0.25) is 0 Å². The predicted molar refractivity (Wildman–Crippen MR) is 30.1 cm³/mol. The third-order valence-corrected chi connectivity index (χ3v) is 2.29. The molecule has 3 heteroatoms. The van der Waals surface area contributed by atoms with Gasteiger partial charge in [0.15, 0.2) is 5.66 Å². The molecule has 0 heterocycles. The van der Waals surface area contributed by atoms with E-state index in [1.807, 2.05) is 0 Å². The second kappa shape index (κ2) is 3.11. The summed E-state index contributed by atoms with van der Waals surface area (Å²) in [5.41, 5.74) is -0.0324. The Balaban J connectivity index is 3.34. The second-order valence-electron chi connectivity index (χ2n) is 1.58. The van der Waals surface area contributed by atoms with Gasteiger partial charge in [-0.25, -0.2) is 0 Å². The molecule has 2 unspecified atom stereocenters. The van der Waals surface area contributed by atoms with E-state index in [-0.39, 0.29) is 12.3 Å². The van der Waals surface area contributed by atoms with E-state index < -0.39 is 7.80 Å². The molecule has 0 amide bonds. The molecule has 42 valence electrons. The van der Waals surface area contributed by atoms with Gasteiger partial charge < -0.3 is 5.11 Å². The van der Waals surface area contributed by atoms with Gasteiger partial charge in [0.1, 0.15) is 6.66 Å². The molecule has 0 aromatic heterocycles. The smallest absolute Gasteiger partial charge is 0.340 e. The van der Waals surface area contributed by atoms with Crippen LogP contribution in [0.4, 0.5) is 0 Å². The Morgan fingerprint density at radius 3 is 2.29 bits per heavy atom. The van der Waals surface area contributed by atoms with Crippen molar-refractivity contribution in [1.82, 2.24) is 0 Å². The first kappa shape index (κ1) is 7.06. The minimum absolute atomic E-state index is 0.0324. The quantitative estimate of drug-likeness (QED) is 0.549. The van der Waals surface area contributed by atoms with Crippen LogP contribution >= 0.6 is 7.80 Å².